The Morgan fingerprint density at radius 3 is 2.50 bits per heavy atom. The predicted molar refractivity (Wildman–Crippen MR) is 133 cm³/mol. The van der Waals surface area contributed by atoms with E-state index in [-0.39, 0.29) is 24.8 Å². The Morgan fingerprint density at radius 2 is 1.79 bits per heavy atom. The van der Waals surface area contributed by atoms with Crippen molar-refractivity contribution in [2.45, 2.75) is 40.7 Å². The molecule has 8 heteroatoms. The average molecular weight is 480 g/mol. The Morgan fingerprint density at radius 1 is 1.09 bits per heavy atom. The summed E-state index contributed by atoms with van der Waals surface area (Å²) < 4.78 is 21.6. The van der Waals surface area contributed by atoms with Gasteiger partial charge in [-0.3, -0.25) is 4.79 Å². The van der Waals surface area contributed by atoms with Gasteiger partial charge in [0.25, 0.3) is 0 Å². The fourth-order valence-corrected chi connectivity index (χ4v) is 4.80. The molecular weight excluding hydrogens is 453 g/mol. The van der Waals surface area contributed by atoms with Crippen LogP contribution in [0.3, 0.4) is 0 Å². The van der Waals surface area contributed by atoms with Gasteiger partial charge < -0.3 is 14.6 Å². The molecule has 2 heterocycles. The number of carbonyl (C=O) groups is 2. The van der Waals surface area contributed by atoms with Gasteiger partial charge in [0.15, 0.2) is 5.13 Å². The van der Waals surface area contributed by atoms with Crippen LogP contribution in [0.1, 0.15) is 40.5 Å². The van der Waals surface area contributed by atoms with Gasteiger partial charge in [0.1, 0.15) is 5.82 Å². The summed E-state index contributed by atoms with van der Waals surface area (Å²) in [5, 5.41) is 3.45. The predicted octanol–water partition coefficient (Wildman–Crippen LogP) is 6.03. The van der Waals surface area contributed by atoms with Gasteiger partial charge in [-0.05, 0) is 86.8 Å². The minimum absolute atomic E-state index is 0.177. The summed E-state index contributed by atoms with van der Waals surface area (Å²) >= 11 is 1.44. The number of nitrogens with one attached hydrogen (secondary N) is 1. The Labute approximate surface area is 201 Å². The third-order valence-electron chi connectivity index (χ3n) is 5.81. The van der Waals surface area contributed by atoms with E-state index >= 15 is 0 Å². The summed E-state index contributed by atoms with van der Waals surface area (Å²) in [4.78, 5) is 29.7. The van der Waals surface area contributed by atoms with Crippen molar-refractivity contribution in [3.63, 3.8) is 0 Å². The topological polar surface area (TPSA) is 73.2 Å². The second kappa shape index (κ2) is 9.77. The number of hydrogen-bond donors (Lipinski definition) is 1. The first kappa shape index (κ1) is 23.6. The molecule has 0 aliphatic rings. The van der Waals surface area contributed by atoms with Gasteiger partial charge in [0.2, 0.25) is 5.91 Å². The second-order valence-electron chi connectivity index (χ2n) is 8.13. The SMILES string of the molecule is CCOC(=O)c1cc(-c2ccc(F)cc2)n(CCC(=O)Nc2nc3cc(C)c(C)cc3s2)c1C. The molecule has 4 aromatic rings. The van der Waals surface area contributed by atoms with Gasteiger partial charge in [-0.1, -0.05) is 11.3 Å². The van der Waals surface area contributed by atoms with Gasteiger partial charge in [-0.15, -0.1) is 0 Å². The van der Waals surface area contributed by atoms with E-state index in [4.69, 9.17) is 4.74 Å². The standard InChI is InChI=1S/C26H26FN3O3S/c1-5-33-25(32)20-14-22(18-6-8-19(27)9-7-18)30(17(20)4)11-10-24(31)29-26-28-21-12-15(2)16(3)13-23(21)34-26/h6-9,12-14H,5,10-11H2,1-4H3,(H,28,29,31). The number of benzene rings is 2. The van der Waals surface area contributed by atoms with Crippen molar-refractivity contribution in [3.8, 4) is 11.3 Å². The summed E-state index contributed by atoms with van der Waals surface area (Å²) in [6.45, 7) is 8.26. The van der Waals surface area contributed by atoms with Crippen molar-refractivity contribution in [1.29, 1.82) is 0 Å². The number of aromatic nitrogens is 2. The van der Waals surface area contributed by atoms with Crippen molar-refractivity contribution in [3.05, 3.63) is 70.7 Å². The van der Waals surface area contributed by atoms with Crippen LogP contribution in [0.25, 0.3) is 21.5 Å². The number of esters is 1. The smallest absolute Gasteiger partial charge is 0.339 e. The number of hydrogen-bond acceptors (Lipinski definition) is 5. The van der Waals surface area contributed by atoms with E-state index in [0.717, 1.165) is 27.0 Å². The third-order valence-corrected chi connectivity index (χ3v) is 6.75. The molecule has 0 bridgehead atoms. The lowest BCUT2D eigenvalue weighted by Crippen LogP contribution is -2.15. The molecule has 0 unspecified atom stereocenters. The van der Waals surface area contributed by atoms with E-state index in [0.29, 0.717) is 22.9 Å². The quantitative estimate of drug-likeness (QED) is 0.328. The number of fused-ring (bicyclic) bond motifs is 1. The van der Waals surface area contributed by atoms with Crippen molar-refractivity contribution >= 4 is 38.6 Å². The molecule has 2 aromatic carbocycles. The summed E-state index contributed by atoms with van der Waals surface area (Å²) in [6.07, 6.45) is 0.181. The maximum Gasteiger partial charge on any atom is 0.339 e. The number of rotatable bonds is 7. The van der Waals surface area contributed by atoms with Crippen LogP contribution in [-0.4, -0.2) is 28.0 Å². The maximum absolute atomic E-state index is 13.5. The van der Waals surface area contributed by atoms with Gasteiger partial charge in [-0.25, -0.2) is 14.2 Å². The first-order valence-corrected chi connectivity index (χ1v) is 11.9. The van der Waals surface area contributed by atoms with Crippen molar-refractivity contribution in [2.24, 2.45) is 0 Å². The highest BCUT2D eigenvalue weighted by Crippen LogP contribution is 2.29. The highest BCUT2D eigenvalue weighted by molar-refractivity contribution is 7.22. The monoisotopic (exact) mass is 479 g/mol. The van der Waals surface area contributed by atoms with E-state index in [2.05, 4.69) is 23.3 Å². The Balaban J connectivity index is 1.55. The second-order valence-corrected chi connectivity index (χ2v) is 9.16. The number of thiazole rings is 1. The highest BCUT2D eigenvalue weighted by Gasteiger charge is 2.20. The van der Waals surface area contributed by atoms with Crippen LogP contribution in [0, 0.1) is 26.6 Å². The number of ether oxygens (including phenoxy) is 1. The van der Waals surface area contributed by atoms with E-state index in [1.807, 2.05) is 24.5 Å². The first-order chi connectivity index (χ1) is 16.3. The molecule has 0 fully saturated rings. The molecule has 176 valence electrons. The normalized spacial score (nSPS) is 11.1. The fourth-order valence-electron chi connectivity index (χ4n) is 3.84. The Hall–Kier alpha value is -3.52. The molecule has 0 saturated heterocycles. The average Bonchev–Trinajstić information content (AvgIpc) is 3.33. The van der Waals surface area contributed by atoms with Gasteiger partial charge in [-0.2, -0.15) is 0 Å². The number of anilines is 1. The fraction of sp³-hybridized carbons (Fsp3) is 0.269. The molecule has 4 rings (SSSR count). The van der Waals surface area contributed by atoms with E-state index in [1.165, 1.54) is 29.0 Å². The van der Waals surface area contributed by atoms with Crippen molar-refractivity contribution in [1.82, 2.24) is 9.55 Å². The molecule has 1 amide bonds. The molecule has 0 spiro atoms. The van der Waals surface area contributed by atoms with Gasteiger partial charge in [0.05, 0.1) is 22.4 Å². The lowest BCUT2D eigenvalue weighted by Gasteiger charge is -2.12. The van der Waals surface area contributed by atoms with Gasteiger partial charge in [0, 0.05) is 24.4 Å². The molecule has 0 saturated carbocycles. The number of carbonyl (C=O) groups excluding carboxylic acids is 2. The Bertz CT molecular complexity index is 1330. The van der Waals surface area contributed by atoms with Crippen LogP contribution in [0.15, 0.2) is 42.5 Å². The largest absolute Gasteiger partial charge is 0.462 e. The van der Waals surface area contributed by atoms with E-state index in [1.54, 1.807) is 25.1 Å². The summed E-state index contributed by atoms with van der Waals surface area (Å²) in [5.41, 5.74) is 5.79. The summed E-state index contributed by atoms with van der Waals surface area (Å²) in [7, 11) is 0. The highest BCUT2D eigenvalue weighted by atomic mass is 32.1. The van der Waals surface area contributed by atoms with Crippen LogP contribution in [0.2, 0.25) is 0 Å². The van der Waals surface area contributed by atoms with Crippen LogP contribution in [0.4, 0.5) is 9.52 Å². The van der Waals surface area contributed by atoms with Crippen LogP contribution < -0.4 is 5.32 Å². The zero-order valence-corrected chi connectivity index (χ0v) is 20.4. The zero-order valence-electron chi connectivity index (χ0n) is 19.6. The molecule has 34 heavy (non-hydrogen) atoms. The van der Waals surface area contributed by atoms with Crippen LogP contribution >= 0.6 is 11.3 Å². The van der Waals surface area contributed by atoms with Crippen LogP contribution in [0.5, 0.6) is 0 Å². The molecule has 6 nitrogen and oxygen atoms in total. The molecule has 0 atom stereocenters. The minimum atomic E-state index is -0.424. The Kier molecular flexibility index (Phi) is 6.79. The molecule has 1 N–H and O–H groups in total. The van der Waals surface area contributed by atoms with E-state index in [9.17, 15) is 14.0 Å². The van der Waals surface area contributed by atoms with E-state index < -0.39 is 5.97 Å². The molecular formula is C26H26FN3O3S. The van der Waals surface area contributed by atoms with Crippen molar-refractivity contribution in [2.75, 3.05) is 11.9 Å². The van der Waals surface area contributed by atoms with Crippen molar-refractivity contribution < 1.29 is 18.7 Å². The number of amides is 1. The summed E-state index contributed by atoms with van der Waals surface area (Å²) in [5.74, 6) is -0.945. The number of nitrogens with zero attached hydrogens (tertiary/aromatic N) is 2. The van der Waals surface area contributed by atoms with Gasteiger partial charge >= 0.3 is 5.97 Å². The summed E-state index contributed by atoms with van der Waals surface area (Å²) in [6, 6.07) is 11.9. The molecule has 0 aliphatic heterocycles. The minimum Gasteiger partial charge on any atom is -0.462 e. The zero-order chi connectivity index (χ0) is 24.4. The lowest BCUT2D eigenvalue weighted by atomic mass is 10.1. The maximum atomic E-state index is 13.5. The third kappa shape index (κ3) is 4.87. The van der Waals surface area contributed by atoms with Crippen LogP contribution in [-0.2, 0) is 16.1 Å². The molecule has 0 radical (unpaired) electrons. The first-order valence-electron chi connectivity index (χ1n) is 11.1. The molecule has 0 aliphatic carbocycles. The number of halogens is 1. The molecule has 2 aromatic heterocycles. The number of aryl methyl sites for hydroxylation is 2. The lowest BCUT2D eigenvalue weighted by molar-refractivity contribution is -0.116.